The molecule has 5 heteroatoms. The van der Waals surface area contributed by atoms with Crippen LogP contribution >= 0.6 is 11.6 Å². The molecule has 0 N–H and O–H groups in total. The lowest BCUT2D eigenvalue weighted by atomic mass is 10.0. The van der Waals surface area contributed by atoms with Crippen LogP contribution in [0.25, 0.3) is 0 Å². The smallest absolute Gasteiger partial charge is 0.207 e. The summed E-state index contributed by atoms with van der Waals surface area (Å²) in [6.07, 6.45) is 1.88. The van der Waals surface area contributed by atoms with Gasteiger partial charge in [0.05, 0.1) is 4.90 Å². The van der Waals surface area contributed by atoms with Gasteiger partial charge in [0.1, 0.15) is 0 Å². The second kappa shape index (κ2) is 5.81. The van der Waals surface area contributed by atoms with E-state index in [1.807, 2.05) is 13.0 Å². The van der Waals surface area contributed by atoms with Crippen LogP contribution in [0.5, 0.6) is 0 Å². The molecular weight excluding hydrogens is 282 g/mol. The average Bonchev–Trinajstić information content (AvgIpc) is 2.39. The van der Waals surface area contributed by atoms with Gasteiger partial charge in [-0.1, -0.05) is 13.0 Å². The van der Waals surface area contributed by atoms with Gasteiger partial charge in [0.25, 0.3) is 0 Å². The average molecular weight is 302 g/mol. The molecule has 0 aliphatic carbocycles. The van der Waals surface area contributed by atoms with Crippen molar-refractivity contribution >= 4 is 21.6 Å². The van der Waals surface area contributed by atoms with Crippen molar-refractivity contribution in [3.63, 3.8) is 0 Å². The number of alkyl halides is 1. The van der Waals surface area contributed by atoms with Crippen LogP contribution < -0.4 is 0 Å². The molecule has 19 heavy (non-hydrogen) atoms. The molecule has 1 fully saturated rings. The molecule has 0 spiro atoms. The number of hydrogen-bond donors (Lipinski definition) is 0. The number of piperidine rings is 1. The van der Waals surface area contributed by atoms with Gasteiger partial charge >= 0.3 is 0 Å². The van der Waals surface area contributed by atoms with Crippen LogP contribution in [0.2, 0.25) is 0 Å². The minimum atomic E-state index is -3.36. The van der Waals surface area contributed by atoms with Gasteiger partial charge in [-0.15, -0.1) is 11.6 Å². The molecule has 0 atom stereocenters. The SMILES string of the molecule is Cc1ccc(S(=O)(=O)N2CCC(C)CC2)cc1CCl. The predicted molar refractivity (Wildman–Crippen MR) is 77.9 cm³/mol. The fourth-order valence-electron chi connectivity index (χ4n) is 2.33. The Morgan fingerprint density at radius 1 is 1.32 bits per heavy atom. The summed E-state index contributed by atoms with van der Waals surface area (Å²) in [5.41, 5.74) is 1.91. The highest BCUT2D eigenvalue weighted by Crippen LogP contribution is 2.25. The van der Waals surface area contributed by atoms with Gasteiger partial charge in [0, 0.05) is 19.0 Å². The predicted octanol–water partition coefficient (Wildman–Crippen LogP) is 3.15. The summed E-state index contributed by atoms with van der Waals surface area (Å²) in [6, 6.07) is 5.21. The van der Waals surface area contributed by atoms with E-state index < -0.39 is 10.0 Å². The van der Waals surface area contributed by atoms with E-state index >= 15 is 0 Å². The third-order valence-corrected chi connectivity index (χ3v) is 6.03. The van der Waals surface area contributed by atoms with Crippen molar-refractivity contribution in [3.05, 3.63) is 29.3 Å². The molecule has 2 rings (SSSR count). The maximum atomic E-state index is 12.6. The van der Waals surface area contributed by atoms with Gasteiger partial charge in [-0.3, -0.25) is 0 Å². The van der Waals surface area contributed by atoms with Crippen LogP contribution in [0, 0.1) is 12.8 Å². The molecule has 0 amide bonds. The van der Waals surface area contributed by atoms with Crippen LogP contribution in [0.4, 0.5) is 0 Å². The van der Waals surface area contributed by atoms with Crippen LogP contribution in [0.1, 0.15) is 30.9 Å². The summed E-state index contributed by atoms with van der Waals surface area (Å²) in [5.74, 6) is 0.953. The zero-order chi connectivity index (χ0) is 14.0. The molecule has 1 aliphatic heterocycles. The highest BCUT2D eigenvalue weighted by Gasteiger charge is 2.28. The zero-order valence-corrected chi connectivity index (χ0v) is 13.0. The molecule has 1 saturated heterocycles. The van der Waals surface area contributed by atoms with E-state index in [1.54, 1.807) is 16.4 Å². The Balaban J connectivity index is 2.29. The standard InChI is InChI=1S/C14H20ClNO2S/c1-11-5-7-16(8-6-11)19(17,18)14-4-3-12(2)13(9-14)10-15/h3-4,9,11H,5-8,10H2,1-2H3. The van der Waals surface area contributed by atoms with E-state index in [9.17, 15) is 8.42 Å². The van der Waals surface area contributed by atoms with Gasteiger partial charge in [0.15, 0.2) is 0 Å². The number of aryl methyl sites for hydroxylation is 1. The summed E-state index contributed by atoms with van der Waals surface area (Å²) in [4.78, 5) is 0.364. The van der Waals surface area contributed by atoms with Crippen molar-refractivity contribution in [1.29, 1.82) is 0 Å². The third kappa shape index (κ3) is 3.12. The fraction of sp³-hybridized carbons (Fsp3) is 0.571. The molecule has 1 heterocycles. The first-order chi connectivity index (χ1) is 8.95. The molecule has 0 bridgehead atoms. The molecule has 0 radical (unpaired) electrons. The topological polar surface area (TPSA) is 37.4 Å². The number of rotatable bonds is 3. The molecule has 1 aliphatic rings. The molecule has 1 aromatic rings. The molecule has 1 aromatic carbocycles. The normalized spacial score (nSPS) is 18.7. The first kappa shape index (κ1) is 14.8. The van der Waals surface area contributed by atoms with Crippen LogP contribution in [-0.4, -0.2) is 25.8 Å². The third-order valence-electron chi connectivity index (χ3n) is 3.84. The van der Waals surface area contributed by atoms with Gasteiger partial charge in [-0.2, -0.15) is 4.31 Å². The van der Waals surface area contributed by atoms with Gasteiger partial charge in [0.2, 0.25) is 10.0 Å². The number of nitrogens with zero attached hydrogens (tertiary/aromatic N) is 1. The number of benzene rings is 1. The van der Waals surface area contributed by atoms with Crippen molar-refractivity contribution in [2.45, 2.75) is 37.5 Å². The lowest BCUT2D eigenvalue weighted by Gasteiger charge is -2.29. The molecule has 0 unspecified atom stereocenters. The first-order valence-corrected chi connectivity index (χ1v) is 8.58. The van der Waals surface area contributed by atoms with E-state index in [-0.39, 0.29) is 0 Å². The van der Waals surface area contributed by atoms with Crippen LogP contribution in [-0.2, 0) is 15.9 Å². The Hall–Kier alpha value is -0.580. The maximum absolute atomic E-state index is 12.6. The number of hydrogen-bond acceptors (Lipinski definition) is 2. The Bertz CT molecular complexity index is 549. The van der Waals surface area contributed by atoms with E-state index in [0.29, 0.717) is 29.8 Å². The lowest BCUT2D eigenvalue weighted by Crippen LogP contribution is -2.37. The number of sulfonamides is 1. The molecule has 0 saturated carbocycles. The fourth-order valence-corrected chi connectivity index (χ4v) is 4.14. The van der Waals surface area contributed by atoms with Gasteiger partial charge < -0.3 is 0 Å². The Kier molecular flexibility index (Phi) is 4.54. The summed E-state index contributed by atoms with van der Waals surface area (Å²) in [7, 11) is -3.36. The van der Waals surface area contributed by atoms with Crippen molar-refractivity contribution < 1.29 is 8.42 Å². The van der Waals surface area contributed by atoms with Crippen molar-refractivity contribution in [2.24, 2.45) is 5.92 Å². The largest absolute Gasteiger partial charge is 0.243 e. The van der Waals surface area contributed by atoms with Gasteiger partial charge in [-0.25, -0.2) is 8.42 Å². The van der Waals surface area contributed by atoms with Crippen LogP contribution in [0.15, 0.2) is 23.1 Å². The summed E-state index contributed by atoms with van der Waals surface area (Å²) >= 11 is 5.85. The van der Waals surface area contributed by atoms with Crippen molar-refractivity contribution in [3.8, 4) is 0 Å². The number of halogens is 1. The maximum Gasteiger partial charge on any atom is 0.243 e. The van der Waals surface area contributed by atoms with Crippen molar-refractivity contribution in [2.75, 3.05) is 13.1 Å². The lowest BCUT2D eigenvalue weighted by molar-refractivity contribution is 0.288. The molecule has 0 aromatic heterocycles. The van der Waals surface area contributed by atoms with E-state index in [2.05, 4.69) is 6.92 Å². The molecule has 106 valence electrons. The quantitative estimate of drug-likeness (QED) is 0.804. The van der Waals surface area contributed by atoms with E-state index in [1.165, 1.54) is 0 Å². The molecule has 3 nitrogen and oxygen atoms in total. The summed E-state index contributed by atoms with van der Waals surface area (Å²) < 4.78 is 26.7. The first-order valence-electron chi connectivity index (χ1n) is 6.61. The highest BCUT2D eigenvalue weighted by molar-refractivity contribution is 7.89. The summed E-state index contributed by atoms with van der Waals surface area (Å²) in [5, 5.41) is 0. The van der Waals surface area contributed by atoms with E-state index in [0.717, 1.165) is 24.0 Å². The minimum absolute atomic E-state index is 0.340. The second-order valence-corrected chi connectivity index (χ2v) is 7.51. The van der Waals surface area contributed by atoms with Crippen LogP contribution in [0.3, 0.4) is 0 Å². The highest BCUT2D eigenvalue weighted by atomic mass is 35.5. The Morgan fingerprint density at radius 3 is 2.53 bits per heavy atom. The second-order valence-electron chi connectivity index (χ2n) is 5.31. The van der Waals surface area contributed by atoms with Gasteiger partial charge in [-0.05, 0) is 48.9 Å². The Labute approximate surface area is 120 Å². The zero-order valence-electron chi connectivity index (χ0n) is 11.4. The van der Waals surface area contributed by atoms with E-state index in [4.69, 9.17) is 11.6 Å². The summed E-state index contributed by atoms with van der Waals surface area (Å²) in [6.45, 7) is 5.35. The molecular formula is C14H20ClNO2S. The van der Waals surface area contributed by atoms with Crippen molar-refractivity contribution in [1.82, 2.24) is 4.31 Å². The monoisotopic (exact) mass is 301 g/mol. The Morgan fingerprint density at radius 2 is 1.95 bits per heavy atom. The minimum Gasteiger partial charge on any atom is -0.207 e.